The van der Waals surface area contributed by atoms with Gasteiger partial charge in [-0.15, -0.1) is 0 Å². The largest absolute Gasteiger partial charge is 0.352 e. The van der Waals surface area contributed by atoms with Crippen molar-refractivity contribution in [2.24, 2.45) is 5.92 Å². The van der Waals surface area contributed by atoms with E-state index < -0.39 is 0 Å². The molecular formula is C17H17Cl2NO. The van der Waals surface area contributed by atoms with Gasteiger partial charge in [0.2, 0.25) is 0 Å². The lowest BCUT2D eigenvalue weighted by atomic mass is 9.99. The number of aryl methyl sites for hydroxylation is 1. The number of para-hydroxylation sites is 1. The normalized spacial score (nSPS) is 10.8. The van der Waals surface area contributed by atoms with Crippen LogP contribution < -0.4 is 5.32 Å². The second kappa shape index (κ2) is 6.50. The fraction of sp³-hybridized carbons (Fsp3) is 0.235. The number of nitrogens with one attached hydrogen (secondary N) is 1. The van der Waals surface area contributed by atoms with E-state index in [0.29, 0.717) is 27.0 Å². The Morgan fingerprint density at radius 2 is 1.76 bits per heavy atom. The predicted octanol–water partition coefficient (Wildman–Crippen LogP) is 5.88. The summed E-state index contributed by atoms with van der Waals surface area (Å²) in [6, 6.07) is 11.0. The van der Waals surface area contributed by atoms with Gasteiger partial charge in [-0.3, -0.25) is 4.79 Å². The molecule has 0 aromatic heterocycles. The summed E-state index contributed by atoms with van der Waals surface area (Å²) in [7, 11) is 0. The van der Waals surface area contributed by atoms with E-state index in [1.54, 1.807) is 6.07 Å². The number of hydrogen-bond donors (Lipinski definition) is 1. The standard InChI is InChI=1S/C17H17Cl2NO/c1-10(2)17(21)12-6-4-5-7-14(12)20-16-13(18)9-8-11(3)15(16)19/h4-10,20H,1-3H3. The summed E-state index contributed by atoms with van der Waals surface area (Å²) in [6.07, 6.45) is 0. The van der Waals surface area contributed by atoms with Gasteiger partial charge in [0.25, 0.3) is 0 Å². The van der Waals surface area contributed by atoms with Crippen molar-refractivity contribution in [1.82, 2.24) is 0 Å². The number of benzene rings is 2. The summed E-state index contributed by atoms with van der Waals surface area (Å²) in [5.41, 5.74) is 2.91. The molecule has 110 valence electrons. The summed E-state index contributed by atoms with van der Waals surface area (Å²) in [5.74, 6) is 0.00870. The van der Waals surface area contributed by atoms with Gasteiger partial charge in [0, 0.05) is 17.2 Å². The smallest absolute Gasteiger partial charge is 0.167 e. The van der Waals surface area contributed by atoms with Crippen LogP contribution >= 0.6 is 23.2 Å². The van der Waals surface area contributed by atoms with Crippen LogP contribution in [0.1, 0.15) is 29.8 Å². The summed E-state index contributed by atoms with van der Waals surface area (Å²) < 4.78 is 0. The molecule has 0 aliphatic rings. The first kappa shape index (κ1) is 15.9. The van der Waals surface area contributed by atoms with Gasteiger partial charge in [0.1, 0.15) is 0 Å². The first-order valence-corrected chi connectivity index (χ1v) is 7.52. The Balaban J connectivity index is 2.46. The number of carbonyl (C=O) groups excluding carboxylic acids is 1. The molecule has 0 heterocycles. The molecule has 2 aromatic rings. The Hall–Kier alpha value is -1.51. The number of Topliss-reactive ketones (excluding diaryl/α,β-unsaturated/α-hetero) is 1. The lowest BCUT2D eigenvalue weighted by Crippen LogP contribution is -2.10. The molecule has 0 aliphatic carbocycles. The van der Waals surface area contributed by atoms with Crippen LogP contribution in [0.25, 0.3) is 0 Å². The molecule has 0 unspecified atom stereocenters. The zero-order valence-electron chi connectivity index (χ0n) is 12.2. The third-order valence-corrected chi connectivity index (χ3v) is 4.06. The van der Waals surface area contributed by atoms with E-state index >= 15 is 0 Å². The zero-order chi connectivity index (χ0) is 15.6. The minimum atomic E-state index is -0.0728. The van der Waals surface area contributed by atoms with Gasteiger partial charge in [0.05, 0.1) is 15.7 Å². The van der Waals surface area contributed by atoms with E-state index in [-0.39, 0.29) is 11.7 Å². The van der Waals surface area contributed by atoms with Crippen LogP contribution in [0.3, 0.4) is 0 Å². The molecule has 0 radical (unpaired) electrons. The van der Waals surface area contributed by atoms with E-state index in [1.165, 1.54) is 0 Å². The maximum Gasteiger partial charge on any atom is 0.167 e. The first-order valence-electron chi connectivity index (χ1n) is 6.76. The van der Waals surface area contributed by atoms with Crippen LogP contribution in [0.15, 0.2) is 36.4 Å². The van der Waals surface area contributed by atoms with Gasteiger partial charge in [-0.05, 0) is 30.7 Å². The van der Waals surface area contributed by atoms with Crippen molar-refractivity contribution in [3.05, 3.63) is 57.6 Å². The summed E-state index contributed by atoms with van der Waals surface area (Å²) in [4.78, 5) is 12.3. The number of hydrogen-bond acceptors (Lipinski definition) is 2. The number of rotatable bonds is 4. The highest BCUT2D eigenvalue weighted by atomic mass is 35.5. The van der Waals surface area contributed by atoms with Crippen LogP contribution in [0.5, 0.6) is 0 Å². The SMILES string of the molecule is Cc1ccc(Cl)c(Nc2ccccc2C(=O)C(C)C)c1Cl. The highest BCUT2D eigenvalue weighted by molar-refractivity contribution is 6.39. The number of carbonyl (C=O) groups is 1. The molecule has 4 heteroatoms. The Morgan fingerprint density at radius 1 is 1.10 bits per heavy atom. The zero-order valence-corrected chi connectivity index (χ0v) is 13.7. The minimum Gasteiger partial charge on any atom is -0.352 e. The van der Waals surface area contributed by atoms with E-state index in [0.717, 1.165) is 5.56 Å². The maximum absolute atomic E-state index is 12.3. The van der Waals surface area contributed by atoms with Crippen LogP contribution in [0.4, 0.5) is 11.4 Å². The second-order valence-corrected chi connectivity index (χ2v) is 6.03. The van der Waals surface area contributed by atoms with E-state index in [1.807, 2.05) is 51.1 Å². The van der Waals surface area contributed by atoms with Crippen molar-refractivity contribution >= 4 is 40.4 Å². The molecule has 21 heavy (non-hydrogen) atoms. The van der Waals surface area contributed by atoms with Crippen LogP contribution in [0.2, 0.25) is 10.0 Å². The van der Waals surface area contributed by atoms with Gasteiger partial charge in [-0.25, -0.2) is 0 Å². The predicted molar refractivity (Wildman–Crippen MR) is 90.1 cm³/mol. The monoisotopic (exact) mass is 321 g/mol. The first-order chi connectivity index (χ1) is 9.91. The quantitative estimate of drug-likeness (QED) is 0.712. The fourth-order valence-corrected chi connectivity index (χ4v) is 2.49. The van der Waals surface area contributed by atoms with Crippen molar-refractivity contribution in [2.45, 2.75) is 20.8 Å². The molecular weight excluding hydrogens is 305 g/mol. The molecule has 0 spiro atoms. The van der Waals surface area contributed by atoms with Crippen LogP contribution in [0, 0.1) is 12.8 Å². The van der Waals surface area contributed by atoms with Crippen molar-refractivity contribution in [3.63, 3.8) is 0 Å². The molecule has 0 bridgehead atoms. The van der Waals surface area contributed by atoms with Gasteiger partial charge in [-0.1, -0.05) is 55.2 Å². The topological polar surface area (TPSA) is 29.1 Å². The average Bonchev–Trinajstić information content (AvgIpc) is 2.47. The maximum atomic E-state index is 12.3. The molecule has 2 rings (SSSR count). The van der Waals surface area contributed by atoms with Gasteiger partial charge >= 0.3 is 0 Å². The number of halogens is 2. The Morgan fingerprint density at radius 3 is 2.43 bits per heavy atom. The van der Waals surface area contributed by atoms with Crippen molar-refractivity contribution in [2.75, 3.05) is 5.32 Å². The van der Waals surface area contributed by atoms with Gasteiger partial charge in [0.15, 0.2) is 5.78 Å². The summed E-state index contributed by atoms with van der Waals surface area (Å²) in [6.45, 7) is 5.67. The summed E-state index contributed by atoms with van der Waals surface area (Å²) in [5, 5.41) is 4.29. The molecule has 1 N–H and O–H groups in total. The van der Waals surface area contributed by atoms with Gasteiger partial charge in [-0.2, -0.15) is 0 Å². The van der Waals surface area contributed by atoms with E-state index in [4.69, 9.17) is 23.2 Å². The highest BCUT2D eigenvalue weighted by Gasteiger charge is 2.16. The van der Waals surface area contributed by atoms with Crippen molar-refractivity contribution < 1.29 is 4.79 Å². The van der Waals surface area contributed by atoms with Gasteiger partial charge < -0.3 is 5.32 Å². The van der Waals surface area contributed by atoms with E-state index in [2.05, 4.69) is 5.32 Å². The highest BCUT2D eigenvalue weighted by Crippen LogP contribution is 2.36. The molecule has 0 amide bonds. The lowest BCUT2D eigenvalue weighted by Gasteiger charge is -2.16. The average molecular weight is 322 g/mol. The Labute approximate surface area is 135 Å². The van der Waals surface area contributed by atoms with Crippen molar-refractivity contribution in [3.8, 4) is 0 Å². The molecule has 0 fully saturated rings. The Kier molecular flexibility index (Phi) is 4.92. The number of anilines is 2. The van der Waals surface area contributed by atoms with E-state index in [9.17, 15) is 4.79 Å². The van der Waals surface area contributed by atoms with Crippen molar-refractivity contribution in [1.29, 1.82) is 0 Å². The molecule has 2 aromatic carbocycles. The summed E-state index contributed by atoms with van der Waals surface area (Å²) >= 11 is 12.5. The van der Waals surface area contributed by atoms with Crippen LogP contribution in [-0.4, -0.2) is 5.78 Å². The molecule has 0 saturated carbocycles. The molecule has 2 nitrogen and oxygen atoms in total. The Bertz CT molecular complexity index is 680. The third-order valence-electron chi connectivity index (χ3n) is 3.26. The molecule has 0 aliphatic heterocycles. The molecule has 0 saturated heterocycles. The minimum absolute atomic E-state index is 0.0728. The third kappa shape index (κ3) is 3.39. The fourth-order valence-electron chi connectivity index (χ4n) is 2.02. The molecule has 0 atom stereocenters. The lowest BCUT2D eigenvalue weighted by molar-refractivity contribution is 0.0940. The van der Waals surface area contributed by atoms with Crippen LogP contribution in [-0.2, 0) is 0 Å². The number of ketones is 1. The second-order valence-electron chi connectivity index (χ2n) is 5.24.